The van der Waals surface area contributed by atoms with E-state index in [1.807, 2.05) is 6.92 Å². The molecule has 1 rings (SSSR count). The zero-order chi connectivity index (χ0) is 9.19. The molecule has 0 bridgehead atoms. The Morgan fingerprint density at radius 3 is 2.42 bits per heavy atom. The molecule has 1 fully saturated rings. The predicted molar refractivity (Wildman–Crippen MR) is 44.1 cm³/mol. The van der Waals surface area contributed by atoms with Crippen LogP contribution in [-0.4, -0.2) is 19.1 Å². The summed E-state index contributed by atoms with van der Waals surface area (Å²) in [6.07, 6.45) is 3.46. The highest BCUT2D eigenvalue weighted by molar-refractivity contribution is 7.80. The molecular weight excluding hydrogens is 180 g/mol. The van der Waals surface area contributed by atoms with Crippen LogP contribution in [-0.2, 0) is 14.6 Å². The largest absolute Gasteiger partial charge is 0.397 e. The van der Waals surface area contributed by atoms with Gasteiger partial charge in [0.15, 0.2) is 0 Å². The fourth-order valence-corrected chi connectivity index (χ4v) is 2.18. The molecule has 1 saturated carbocycles. The van der Waals surface area contributed by atoms with Gasteiger partial charge < -0.3 is 0 Å². The van der Waals surface area contributed by atoms with Gasteiger partial charge in [0, 0.05) is 0 Å². The Morgan fingerprint density at radius 1 is 1.33 bits per heavy atom. The molecule has 0 aliphatic heterocycles. The highest BCUT2D eigenvalue weighted by atomic mass is 32.3. The third-order valence-electron chi connectivity index (χ3n) is 2.28. The van der Waals surface area contributed by atoms with Crippen molar-refractivity contribution in [3.8, 4) is 0 Å². The number of rotatable bonds is 2. The zero-order valence-electron chi connectivity index (χ0n) is 7.06. The van der Waals surface area contributed by atoms with E-state index in [-0.39, 0.29) is 12.0 Å². The molecule has 1 aliphatic carbocycles. The quantitative estimate of drug-likeness (QED) is 0.674. The van der Waals surface area contributed by atoms with Crippen molar-refractivity contribution in [2.45, 2.75) is 38.7 Å². The van der Waals surface area contributed by atoms with Crippen LogP contribution in [0.1, 0.15) is 32.6 Å². The highest BCUT2D eigenvalue weighted by Gasteiger charge is 2.25. The average Bonchev–Trinajstić information content (AvgIpc) is 1.91. The molecule has 0 heterocycles. The Hall–Kier alpha value is -0.130. The topological polar surface area (TPSA) is 63.6 Å². The minimum atomic E-state index is -4.26. The summed E-state index contributed by atoms with van der Waals surface area (Å²) in [5, 5.41) is 0. The second-order valence-corrected chi connectivity index (χ2v) is 4.37. The maximum Gasteiger partial charge on any atom is 0.397 e. The van der Waals surface area contributed by atoms with Gasteiger partial charge in [-0.15, -0.1) is 0 Å². The summed E-state index contributed by atoms with van der Waals surface area (Å²) in [5.74, 6) is 0.223. The van der Waals surface area contributed by atoms with E-state index in [1.165, 1.54) is 0 Å². The van der Waals surface area contributed by atoms with Crippen LogP contribution in [0, 0.1) is 5.92 Å². The molecule has 1 N–H and O–H groups in total. The van der Waals surface area contributed by atoms with Crippen molar-refractivity contribution in [3.05, 3.63) is 0 Å². The molecule has 4 nitrogen and oxygen atoms in total. The maximum absolute atomic E-state index is 10.4. The van der Waals surface area contributed by atoms with Crippen molar-refractivity contribution in [2.24, 2.45) is 5.92 Å². The van der Waals surface area contributed by atoms with Crippen LogP contribution in [0.15, 0.2) is 0 Å². The Balaban J connectivity index is 2.50. The second kappa shape index (κ2) is 3.72. The Labute approximate surface area is 72.9 Å². The highest BCUT2D eigenvalue weighted by Crippen LogP contribution is 2.26. The molecule has 0 radical (unpaired) electrons. The first kappa shape index (κ1) is 9.95. The number of hydrogen-bond donors (Lipinski definition) is 1. The van der Waals surface area contributed by atoms with Gasteiger partial charge in [0.2, 0.25) is 0 Å². The SMILES string of the molecule is CC1CCCCC1OS(=O)(=O)O. The third kappa shape index (κ3) is 3.08. The van der Waals surface area contributed by atoms with Crippen LogP contribution < -0.4 is 0 Å². The Morgan fingerprint density at radius 2 is 1.92 bits per heavy atom. The summed E-state index contributed by atoms with van der Waals surface area (Å²) in [4.78, 5) is 0. The second-order valence-electron chi connectivity index (χ2n) is 3.32. The van der Waals surface area contributed by atoms with Crippen molar-refractivity contribution in [1.82, 2.24) is 0 Å². The van der Waals surface area contributed by atoms with Crippen LogP contribution in [0.2, 0.25) is 0 Å². The minimum Gasteiger partial charge on any atom is -0.264 e. The summed E-state index contributed by atoms with van der Waals surface area (Å²) in [7, 11) is -4.26. The molecule has 0 aromatic carbocycles. The fraction of sp³-hybridized carbons (Fsp3) is 1.00. The van der Waals surface area contributed by atoms with E-state index in [1.54, 1.807) is 0 Å². The van der Waals surface area contributed by atoms with Crippen LogP contribution in [0.3, 0.4) is 0 Å². The van der Waals surface area contributed by atoms with Crippen molar-refractivity contribution in [3.63, 3.8) is 0 Å². The molecule has 2 unspecified atom stereocenters. The molecule has 2 atom stereocenters. The molecule has 0 amide bonds. The standard InChI is InChI=1S/C7H14O4S/c1-6-4-2-3-5-7(6)11-12(8,9)10/h6-7H,2-5H2,1H3,(H,8,9,10). The van der Waals surface area contributed by atoms with Gasteiger partial charge in [0.1, 0.15) is 0 Å². The molecule has 0 saturated heterocycles. The number of hydrogen-bond acceptors (Lipinski definition) is 3. The van der Waals surface area contributed by atoms with Crippen molar-refractivity contribution >= 4 is 10.4 Å². The van der Waals surface area contributed by atoms with Gasteiger partial charge in [-0.3, -0.25) is 4.55 Å². The summed E-state index contributed by atoms with van der Waals surface area (Å²) in [6, 6.07) is 0. The maximum atomic E-state index is 10.4. The monoisotopic (exact) mass is 194 g/mol. The lowest BCUT2D eigenvalue weighted by atomic mass is 9.88. The first-order chi connectivity index (χ1) is 5.49. The summed E-state index contributed by atoms with van der Waals surface area (Å²) in [6.45, 7) is 1.94. The minimum absolute atomic E-state index is 0.223. The molecule has 72 valence electrons. The van der Waals surface area contributed by atoms with Crippen molar-refractivity contribution < 1.29 is 17.2 Å². The van der Waals surface area contributed by atoms with Crippen LogP contribution in [0.25, 0.3) is 0 Å². The van der Waals surface area contributed by atoms with E-state index < -0.39 is 10.4 Å². The van der Waals surface area contributed by atoms with Gasteiger partial charge in [0.05, 0.1) is 6.10 Å². The molecule has 5 heteroatoms. The van der Waals surface area contributed by atoms with E-state index >= 15 is 0 Å². The lowest BCUT2D eigenvalue weighted by Crippen LogP contribution is -2.27. The van der Waals surface area contributed by atoms with Gasteiger partial charge in [-0.05, 0) is 18.8 Å². The first-order valence-electron chi connectivity index (χ1n) is 4.15. The summed E-state index contributed by atoms with van der Waals surface area (Å²) >= 11 is 0. The van der Waals surface area contributed by atoms with Gasteiger partial charge in [-0.2, -0.15) is 8.42 Å². The van der Waals surface area contributed by atoms with Crippen LogP contribution in [0.4, 0.5) is 0 Å². The molecule has 12 heavy (non-hydrogen) atoms. The summed E-state index contributed by atoms with van der Waals surface area (Å²) in [5.41, 5.74) is 0. The summed E-state index contributed by atoms with van der Waals surface area (Å²) < 4.78 is 33.7. The molecule has 0 aromatic heterocycles. The lowest BCUT2D eigenvalue weighted by molar-refractivity contribution is 0.0948. The predicted octanol–water partition coefficient (Wildman–Crippen LogP) is 1.38. The van der Waals surface area contributed by atoms with E-state index in [2.05, 4.69) is 4.18 Å². The van der Waals surface area contributed by atoms with Gasteiger partial charge in [-0.1, -0.05) is 19.8 Å². The van der Waals surface area contributed by atoms with Crippen LogP contribution in [0.5, 0.6) is 0 Å². The molecular formula is C7H14O4S. The van der Waals surface area contributed by atoms with Gasteiger partial charge >= 0.3 is 10.4 Å². The fourth-order valence-electron chi connectivity index (χ4n) is 1.58. The van der Waals surface area contributed by atoms with Crippen LogP contribution >= 0.6 is 0 Å². The normalized spacial score (nSPS) is 31.8. The van der Waals surface area contributed by atoms with Crippen molar-refractivity contribution in [1.29, 1.82) is 0 Å². The third-order valence-corrected chi connectivity index (χ3v) is 2.77. The average molecular weight is 194 g/mol. The van der Waals surface area contributed by atoms with Gasteiger partial charge in [0.25, 0.3) is 0 Å². The molecule has 0 spiro atoms. The van der Waals surface area contributed by atoms with Gasteiger partial charge in [-0.25, -0.2) is 4.18 Å². The first-order valence-corrected chi connectivity index (χ1v) is 5.51. The van der Waals surface area contributed by atoms with E-state index in [0.29, 0.717) is 0 Å². The zero-order valence-corrected chi connectivity index (χ0v) is 7.88. The van der Waals surface area contributed by atoms with E-state index in [9.17, 15) is 8.42 Å². The smallest absolute Gasteiger partial charge is 0.264 e. The van der Waals surface area contributed by atoms with E-state index in [4.69, 9.17) is 4.55 Å². The lowest BCUT2D eigenvalue weighted by Gasteiger charge is -2.26. The molecule has 1 aliphatic rings. The van der Waals surface area contributed by atoms with E-state index in [0.717, 1.165) is 25.7 Å². The molecule has 0 aromatic rings. The Kier molecular flexibility index (Phi) is 3.09. The van der Waals surface area contributed by atoms with Crippen molar-refractivity contribution in [2.75, 3.05) is 0 Å². The Bertz CT molecular complexity index is 234.